The third-order valence-electron chi connectivity index (χ3n) is 2.84. The van der Waals surface area contributed by atoms with Gasteiger partial charge in [0.15, 0.2) is 11.6 Å². The molecule has 0 heterocycles. The average Bonchev–Trinajstić information content (AvgIpc) is 2.43. The molecule has 0 aromatic heterocycles. The number of carbonyl (C=O) groups is 2. The summed E-state index contributed by atoms with van der Waals surface area (Å²) in [4.78, 5) is 24.4. The van der Waals surface area contributed by atoms with Crippen LogP contribution in [0.2, 0.25) is 0 Å². The summed E-state index contributed by atoms with van der Waals surface area (Å²) in [5.74, 6) is -0.105. The number of fused-ring (bicyclic) bond motifs is 1. The van der Waals surface area contributed by atoms with Gasteiger partial charge in [-0.3, -0.25) is 9.59 Å². The van der Waals surface area contributed by atoms with E-state index in [1.807, 2.05) is 27.7 Å². The molecule has 0 saturated carbocycles. The quantitative estimate of drug-likeness (QED) is 0.747. The van der Waals surface area contributed by atoms with Crippen LogP contribution in [0.15, 0.2) is 47.1 Å². The number of allylic oxidation sites excluding steroid dienone is 4. The van der Waals surface area contributed by atoms with E-state index in [1.54, 1.807) is 37.3 Å². The first kappa shape index (κ1) is 15.1. The number of carbonyl (C=O) groups excluding carboxylic acids is 2. The van der Waals surface area contributed by atoms with Crippen LogP contribution >= 0.6 is 0 Å². The molecule has 1 aliphatic rings. The number of ketones is 2. The predicted octanol–water partition coefficient (Wildman–Crippen LogP) is 4.37. The molecule has 0 fully saturated rings. The average molecular weight is 256 g/mol. The summed E-state index contributed by atoms with van der Waals surface area (Å²) in [6.07, 6.45) is 1.78. The molecule has 0 N–H and O–H groups in total. The van der Waals surface area contributed by atoms with Gasteiger partial charge < -0.3 is 0 Å². The second kappa shape index (κ2) is 6.28. The third kappa shape index (κ3) is 2.90. The van der Waals surface area contributed by atoms with Gasteiger partial charge in [0.2, 0.25) is 0 Å². The third-order valence-corrected chi connectivity index (χ3v) is 2.84. The van der Waals surface area contributed by atoms with Crippen LogP contribution in [0, 0.1) is 0 Å². The van der Waals surface area contributed by atoms with Gasteiger partial charge in [-0.1, -0.05) is 49.8 Å². The van der Waals surface area contributed by atoms with Gasteiger partial charge in [0, 0.05) is 22.3 Å². The highest BCUT2D eigenvalue weighted by Crippen LogP contribution is 2.27. The molecule has 2 nitrogen and oxygen atoms in total. The molecule has 1 aromatic rings. The van der Waals surface area contributed by atoms with Crippen molar-refractivity contribution >= 4 is 11.6 Å². The molecule has 19 heavy (non-hydrogen) atoms. The Morgan fingerprint density at radius 2 is 1.42 bits per heavy atom. The van der Waals surface area contributed by atoms with Gasteiger partial charge in [-0.05, 0) is 20.8 Å². The van der Waals surface area contributed by atoms with E-state index in [1.165, 1.54) is 0 Å². The summed E-state index contributed by atoms with van der Waals surface area (Å²) in [5.41, 5.74) is 3.10. The van der Waals surface area contributed by atoms with Crippen LogP contribution in [-0.4, -0.2) is 11.6 Å². The topological polar surface area (TPSA) is 34.1 Å². The highest BCUT2D eigenvalue weighted by molar-refractivity contribution is 6.27. The molecule has 100 valence electrons. The van der Waals surface area contributed by atoms with Crippen molar-refractivity contribution in [3.8, 4) is 0 Å². The summed E-state index contributed by atoms with van der Waals surface area (Å²) in [6.45, 7) is 9.54. The smallest absolute Gasteiger partial charge is 0.194 e. The molecule has 0 amide bonds. The van der Waals surface area contributed by atoms with E-state index in [9.17, 15) is 9.59 Å². The monoisotopic (exact) mass is 256 g/mol. The van der Waals surface area contributed by atoms with E-state index in [0.717, 1.165) is 5.57 Å². The lowest BCUT2D eigenvalue weighted by molar-refractivity contribution is 0.0977. The summed E-state index contributed by atoms with van der Waals surface area (Å²) >= 11 is 0. The van der Waals surface area contributed by atoms with Crippen molar-refractivity contribution in [1.82, 2.24) is 0 Å². The first-order valence-electron chi connectivity index (χ1n) is 6.56. The predicted molar refractivity (Wildman–Crippen MR) is 78.6 cm³/mol. The van der Waals surface area contributed by atoms with Gasteiger partial charge in [-0.2, -0.15) is 0 Å². The summed E-state index contributed by atoms with van der Waals surface area (Å²) < 4.78 is 0. The second-order valence-corrected chi connectivity index (χ2v) is 4.46. The highest BCUT2D eigenvalue weighted by atomic mass is 16.1. The fraction of sp³-hybridized carbons (Fsp3) is 0.294. The van der Waals surface area contributed by atoms with Crippen LogP contribution in [0.4, 0.5) is 0 Å². The zero-order valence-electron chi connectivity index (χ0n) is 12.2. The fourth-order valence-electron chi connectivity index (χ4n) is 1.98. The van der Waals surface area contributed by atoms with Gasteiger partial charge >= 0.3 is 0 Å². The van der Waals surface area contributed by atoms with Crippen molar-refractivity contribution < 1.29 is 9.59 Å². The second-order valence-electron chi connectivity index (χ2n) is 4.46. The van der Waals surface area contributed by atoms with E-state index in [2.05, 4.69) is 0 Å². The highest BCUT2D eigenvalue weighted by Gasteiger charge is 2.27. The molecule has 0 atom stereocenters. The molecule has 0 radical (unpaired) electrons. The molecule has 1 aromatic carbocycles. The Balaban J connectivity index is 0.000000861. The van der Waals surface area contributed by atoms with Crippen molar-refractivity contribution in [1.29, 1.82) is 0 Å². The van der Waals surface area contributed by atoms with E-state index < -0.39 is 0 Å². The zero-order chi connectivity index (χ0) is 14.6. The minimum absolute atomic E-state index is 0.0484. The molecule has 0 bridgehead atoms. The van der Waals surface area contributed by atoms with Crippen molar-refractivity contribution in [3.05, 3.63) is 58.2 Å². The lowest BCUT2D eigenvalue weighted by atomic mass is 9.84. The summed E-state index contributed by atoms with van der Waals surface area (Å²) in [7, 11) is 0. The minimum atomic E-state index is -0.0566. The summed E-state index contributed by atoms with van der Waals surface area (Å²) in [6, 6.07) is 6.98. The van der Waals surface area contributed by atoms with E-state index >= 15 is 0 Å². The Hall–Kier alpha value is -1.96. The van der Waals surface area contributed by atoms with Gasteiger partial charge in [0.1, 0.15) is 0 Å². The van der Waals surface area contributed by atoms with E-state index in [0.29, 0.717) is 22.3 Å². The molecule has 0 unspecified atom stereocenters. The Morgan fingerprint density at radius 1 is 0.947 bits per heavy atom. The molecule has 0 saturated heterocycles. The van der Waals surface area contributed by atoms with Gasteiger partial charge in [-0.15, -0.1) is 0 Å². The lowest BCUT2D eigenvalue weighted by Crippen LogP contribution is -2.19. The van der Waals surface area contributed by atoms with Crippen LogP contribution in [0.3, 0.4) is 0 Å². The minimum Gasteiger partial charge on any atom is -0.289 e. The Labute approximate surface area is 114 Å². The number of hydrogen-bond acceptors (Lipinski definition) is 2. The largest absolute Gasteiger partial charge is 0.289 e. The molecule has 0 aliphatic heterocycles. The van der Waals surface area contributed by atoms with E-state index in [-0.39, 0.29) is 11.6 Å². The number of rotatable bonds is 1. The van der Waals surface area contributed by atoms with Crippen molar-refractivity contribution in [2.24, 2.45) is 0 Å². The SMILES string of the molecule is CC.CC(C)=CC1=C(C)C(=O)c2ccccc2C1=O. The fourth-order valence-corrected chi connectivity index (χ4v) is 1.98. The van der Waals surface area contributed by atoms with Gasteiger partial charge in [-0.25, -0.2) is 0 Å². The maximum atomic E-state index is 12.3. The molecule has 2 heteroatoms. The van der Waals surface area contributed by atoms with Crippen LogP contribution in [0.5, 0.6) is 0 Å². The van der Waals surface area contributed by atoms with Crippen LogP contribution in [-0.2, 0) is 0 Å². The first-order valence-corrected chi connectivity index (χ1v) is 6.56. The zero-order valence-corrected chi connectivity index (χ0v) is 12.2. The van der Waals surface area contributed by atoms with E-state index in [4.69, 9.17) is 0 Å². The molecular formula is C17H20O2. The lowest BCUT2D eigenvalue weighted by Gasteiger charge is -2.17. The van der Waals surface area contributed by atoms with Gasteiger partial charge in [0.05, 0.1) is 0 Å². The van der Waals surface area contributed by atoms with Crippen molar-refractivity contribution in [2.45, 2.75) is 34.6 Å². The molecule has 2 rings (SSSR count). The van der Waals surface area contributed by atoms with Crippen LogP contribution < -0.4 is 0 Å². The maximum absolute atomic E-state index is 12.3. The Morgan fingerprint density at radius 3 is 1.89 bits per heavy atom. The number of Topliss-reactive ketones (excluding diaryl/α,β-unsaturated/α-hetero) is 2. The van der Waals surface area contributed by atoms with Crippen molar-refractivity contribution in [3.63, 3.8) is 0 Å². The Kier molecular flexibility index (Phi) is 4.99. The van der Waals surface area contributed by atoms with Crippen LogP contribution in [0.1, 0.15) is 55.3 Å². The molecule has 0 spiro atoms. The molecular weight excluding hydrogens is 236 g/mol. The van der Waals surface area contributed by atoms with Gasteiger partial charge in [0.25, 0.3) is 0 Å². The maximum Gasteiger partial charge on any atom is 0.194 e. The first-order chi connectivity index (χ1) is 9.02. The standard InChI is InChI=1S/C15H14O2.C2H6/c1-9(2)8-13-10(3)14(16)11-6-4-5-7-12(11)15(13)17;1-2/h4-8H,1-3H3;1-2H3. The summed E-state index contributed by atoms with van der Waals surface area (Å²) in [5, 5.41) is 0. The number of hydrogen-bond donors (Lipinski definition) is 0. The van der Waals surface area contributed by atoms with Crippen molar-refractivity contribution in [2.75, 3.05) is 0 Å². The Bertz CT molecular complexity index is 571. The van der Waals surface area contributed by atoms with Crippen LogP contribution in [0.25, 0.3) is 0 Å². The molecule has 1 aliphatic carbocycles. The number of benzene rings is 1. The normalized spacial score (nSPS) is 13.5.